The van der Waals surface area contributed by atoms with Crippen LogP contribution in [0.2, 0.25) is 0 Å². The lowest BCUT2D eigenvalue weighted by Crippen LogP contribution is -2.42. The number of hydrogen-bond donors (Lipinski definition) is 1. The van der Waals surface area contributed by atoms with Crippen molar-refractivity contribution in [1.29, 1.82) is 0 Å². The number of ether oxygens (including phenoxy) is 1. The Hall–Kier alpha value is -1.53. The van der Waals surface area contributed by atoms with E-state index in [0.717, 1.165) is 38.7 Å². The molecule has 3 atom stereocenters. The first-order chi connectivity index (χ1) is 12.9. The highest BCUT2D eigenvalue weighted by Crippen LogP contribution is 2.36. The molecule has 2 fully saturated rings. The Morgan fingerprint density at radius 1 is 1.30 bits per heavy atom. The average Bonchev–Trinajstić information content (AvgIpc) is 2.99. The summed E-state index contributed by atoms with van der Waals surface area (Å²) in [6.45, 7) is 8.59. The molecule has 1 aromatic rings. The minimum Gasteiger partial charge on any atom is -0.377 e. The molecule has 1 amide bonds. The summed E-state index contributed by atoms with van der Waals surface area (Å²) in [4.78, 5) is 14.8. The second-order valence-electron chi connectivity index (χ2n) is 8.33. The Morgan fingerprint density at radius 2 is 2.04 bits per heavy atom. The van der Waals surface area contributed by atoms with Gasteiger partial charge in [0.15, 0.2) is 0 Å². The third-order valence-electron chi connectivity index (χ3n) is 5.70. The molecule has 0 radical (unpaired) electrons. The zero-order valence-corrected chi connectivity index (χ0v) is 16.2. The molecule has 0 aromatic heterocycles. The molecule has 0 saturated carbocycles. The van der Waals surface area contributed by atoms with Gasteiger partial charge in [-0.25, -0.2) is 8.78 Å². The molecular formula is C21H30F2N2O2. The molecule has 0 spiro atoms. The Balaban J connectivity index is 1.44. The van der Waals surface area contributed by atoms with Gasteiger partial charge in [0.05, 0.1) is 19.1 Å². The van der Waals surface area contributed by atoms with E-state index < -0.39 is 11.6 Å². The van der Waals surface area contributed by atoms with Crippen LogP contribution in [0.1, 0.15) is 38.7 Å². The van der Waals surface area contributed by atoms with Gasteiger partial charge in [-0.15, -0.1) is 0 Å². The summed E-state index contributed by atoms with van der Waals surface area (Å²) in [6, 6.07) is 3.29. The summed E-state index contributed by atoms with van der Waals surface area (Å²) in [5, 5.41) is 2.75. The number of hydrogen-bond acceptors (Lipinski definition) is 3. The van der Waals surface area contributed by atoms with Crippen LogP contribution >= 0.6 is 0 Å². The van der Waals surface area contributed by atoms with Crippen LogP contribution in [-0.2, 0) is 16.1 Å². The normalized spacial score (nSPS) is 25.6. The van der Waals surface area contributed by atoms with Gasteiger partial charge in [0.1, 0.15) is 11.6 Å². The molecule has 150 valence electrons. The lowest BCUT2D eigenvalue weighted by atomic mass is 9.83. The molecule has 2 aliphatic rings. The van der Waals surface area contributed by atoms with Crippen molar-refractivity contribution in [3.8, 4) is 0 Å². The van der Waals surface area contributed by atoms with Crippen LogP contribution in [-0.4, -0.2) is 43.2 Å². The number of nitrogens with zero attached hydrogens (tertiary/aromatic N) is 1. The van der Waals surface area contributed by atoms with Gasteiger partial charge in [0.25, 0.3) is 0 Å². The van der Waals surface area contributed by atoms with Crippen molar-refractivity contribution < 1.29 is 18.3 Å². The van der Waals surface area contributed by atoms with E-state index in [1.807, 2.05) is 0 Å². The summed E-state index contributed by atoms with van der Waals surface area (Å²) in [6.07, 6.45) is 2.54. The Morgan fingerprint density at radius 3 is 2.74 bits per heavy atom. The van der Waals surface area contributed by atoms with Crippen LogP contribution in [0, 0.1) is 29.4 Å². The largest absolute Gasteiger partial charge is 0.377 e. The number of carbonyl (C=O) groups is 1. The van der Waals surface area contributed by atoms with E-state index in [4.69, 9.17) is 4.74 Å². The molecule has 4 nitrogen and oxygen atoms in total. The second kappa shape index (κ2) is 9.11. The number of rotatable bonds is 7. The van der Waals surface area contributed by atoms with Crippen molar-refractivity contribution in [2.45, 2.75) is 45.8 Å². The molecule has 2 saturated heterocycles. The lowest BCUT2D eigenvalue weighted by Gasteiger charge is -2.35. The van der Waals surface area contributed by atoms with Crippen LogP contribution in [0.25, 0.3) is 0 Å². The third kappa shape index (κ3) is 5.72. The van der Waals surface area contributed by atoms with Gasteiger partial charge in [-0.1, -0.05) is 13.8 Å². The number of carbonyl (C=O) groups excluding carboxylic acids is 1. The van der Waals surface area contributed by atoms with Crippen molar-refractivity contribution in [2.75, 3.05) is 26.2 Å². The highest BCUT2D eigenvalue weighted by molar-refractivity contribution is 5.76. The van der Waals surface area contributed by atoms with Gasteiger partial charge in [0.2, 0.25) is 5.91 Å². The average molecular weight is 380 g/mol. The molecule has 27 heavy (non-hydrogen) atoms. The summed E-state index contributed by atoms with van der Waals surface area (Å²) >= 11 is 0. The first-order valence-corrected chi connectivity index (χ1v) is 9.96. The second-order valence-corrected chi connectivity index (χ2v) is 8.33. The van der Waals surface area contributed by atoms with Crippen molar-refractivity contribution in [3.63, 3.8) is 0 Å². The van der Waals surface area contributed by atoms with Gasteiger partial charge in [-0.05, 0) is 55.5 Å². The fourth-order valence-corrected chi connectivity index (χ4v) is 4.18. The third-order valence-corrected chi connectivity index (χ3v) is 5.70. The fourth-order valence-electron chi connectivity index (χ4n) is 4.18. The zero-order valence-electron chi connectivity index (χ0n) is 16.2. The number of piperidine rings is 1. The molecule has 3 rings (SSSR count). The monoisotopic (exact) mass is 380 g/mol. The minimum atomic E-state index is -0.634. The number of nitrogens with one attached hydrogen (secondary N) is 1. The first kappa shape index (κ1) is 20.2. The SMILES string of the molecule is CC(C)CCN1CC[C@@H]2[C@@H](CO[C@H]2CC(=O)NCc2cc(F)cc(F)c2)C1. The highest BCUT2D eigenvalue weighted by Gasteiger charge is 2.41. The van der Waals surface area contributed by atoms with Crippen LogP contribution < -0.4 is 5.32 Å². The number of halogens is 2. The quantitative estimate of drug-likeness (QED) is 0.789. The Labute approximate surface area is 160 Å². The standard InChI is InChI=1S/C21H30F2N2O2/c1-14(2)3-5-25-6-4-19-16(12-25)13-27-20(19)10-21(26)24-11-15-7-17(22)9-18(23)8-15/h7-9,14,16,19-20H,3-6,10-13H2,1-2H3,(H,24,26)/t16-,19-,20+/m1/s1. The minimum absolute atomic E-state index is 0.0495. The molecular weight excluding hydrogens is 350 g/mol. The van der Waals surface area contributed by atoms with Crippen LogP contribution in [0.15, 0.2) is 18.2 Å². The van der Waals surface area contributed by atoms with Crippen LogP contribution in [0.5, 0.6) is 0 Å². The maximum absolute atomic E-state index is 13.2. The van der Waals surface area contributed by atoms with Crippen molar-refractivity contribution >= 4 is 5.91 Å². The summed E-state index contributed by atoms with van der Waals surface area (Å²) in [5.41, 5.74) is 0.421. The molecule has 0 unspecified atom stereocenters. The van der Waals surface area contributed by atoms with E-state index in [1.165, 1.54) is 18.6 Å². The number of likely N-dealkylation sites (tertiary alicyclic amines) is 1. The van der Waals surface area contributed by atoms with E-state index >= 15 is 0 Å². The fraction of sp³-hybridized carbons (Fsp3) is 0.667. The molecule has 2 heterocycles. The van der Waals surface area contributed by atoms with Crippen molar-refractivity contribution in [2.24, 2.45) is 17.8 Å². The van der Waals surface area contributed by atoms with Gasteiger partial charge < -0.3 is 15.0 Å². The summed E-state index contributed by atoms with van der Waals surface area (Å²) < 4.78 is 32.4. The van der Waals surface area contributed by atoms with E-state index in [1.54, 1.807) is 0 Å². The molecule has 0 bridgehead atoms. The van der Waals surface area contributed by atoms with Gasteiger partial charge in [0, 0.05) is 25.1 Å². The summed E-state index contributed by atoms with van der Waals surface area (Å²) in [7, 11) is 0. The van der Waals surface area contributed by atoms with E-state index in [0.29, 0.717) is 29.7 Å². The maximum atomic E-state index is 13.2. The highest BCUT2D eigenvalue weighted by atomic mass is 19.1. The van der Waals surface area contributed by atoms with Crippen LogP contribution in [0.3, 0.4) is 0 Å². The smallest absolute Gasteiger partial charge is 0.222 e. The molecule has 2 aliphatic heterocycles. The molecule has 1 N–H and O–H groups in total. The van der Waals surface area contributed by atoms with E-state index in [2.05, 4.69) is 24.1 Å². The van der Waals surface area contributed by atoms with Crippen molar-refractivity contribution in [3.05, 3.63) is 35.4 Å². The zero-order chi connectivity index (χ0) is 19.4. The molecule has 6 heteroatoms. The van der Waals surface area contributed by atoms with Gasteiger partial charge in [-0.3, -0.25) is 4.79 Å². The first-order valence-electron chi connectivity index (χ1n) is 9.96. The van der Waals surface area contributed by atoms with Gasteiger partial charge >= 0.3 is 0 Å². The number of fused-ring (bicyclic) bond motifs is 1. The topological polar surface area (TPSA) is 41.6 Å². The predicted octanol–water partition coefficient (Wildman–Crippen LogP) is 3.35. The lowest BCUT2D eigenvalue weighted by molar-refractivity contribution is -0.124. The Bertz CT molecular complexity index is 633. The molecule has 1 aromatic carbocycles. The van der Waals surface area contributed by atoms with Crippen LogP contribution in [0.4, 0.5) is 8.78 Å². The van der Waals surface area contributed by atoms with Crippen molar-refractivity contribution in [1.82, 2.24) is 10.2 Å². The Kier molecular flexibility index (Phi) is 6.82. The number of amides is 1. The molecule has 0 aliphatic carbocycles. The van der Waals surface area contributed by atoms with E-state index in [-0.39, 0.29) is 18.6 Å². The summed E-state index contributed by atoms with van der Waals surface area (Å²) in [5.74, 6) is 0.243. The maximum Gasteiger partial charge on any atom is 0.222 e. The predicted molar refractivity (Wildman–Crippen MR) is 100 cm³/mol. The van der Waals surface area contributed by atoms with E-state index in [9.17, 15) is 13.6 Å². The number of benzene rings is 1. The van der Waals surface area contributed by atoms with Gasteiger partial charge in [-0.2, -0.15) is 0 Å².